The van der Waals surface area contributed by atoms with Crippen molar-refractivity contribution < 1.29 is 9.13 Å². The second kappa shape index (κ2) is 6.01. The highest BCUT2D eigenvalue weighted by Crippen LogP contribution is 2.26. The average Bonchev–Trinajstić information content (AvgIpc) is 2.53. The zero-order chi connectivity index (χ0) is 14.7. The van der Waals surface area contributed by atoms with E-state index in [0.717, 1.165) is 37.7 Å². The highest BCUT2D eigenvalue weighted by molar-refractivity contribution is 5.73. The van der Waals surface area contributed by atoms with Gasteiger partial charge in [0.1, 0.15) is 5.82 Å². The van der Waals surface area contributed by atoms with E-state index in [2.05, 4.69) is 10.2 Å². The third-order valence-corrected chi connectivity index (χ3v) is 3.54. The predicted molar refractivity (Wildman–Crippen MR) is 83.6 cm³/mol. The van der Waals surface area contributed by atoms with Crippen LogP contribution in [0.5, 0.6) is 0 Å². The van der Waals surface area contributed by atoms with E-state index in [-0.39, 0.29) is 5.82 Å². The molecule has 2 aromatic rings. The van der Waals surface area contributed by atoms with Crippen LogP contribution in [-0.4, -0.2) is 26.3 Å². The Morgan fingerprint density at radius 1 is 1.05 bits per heavy atom. The van der Waals surface area contributed by atoms with E-state index in [4.69, 9.17) is 10.5 Å². The van der Waals surface area contributed by atoms with E-state index in [9.17, 15) is 4.39 Å². The number of anilines is 4. The zero-order valence-electron chi connectivity index (χ0n) is 11.7. The summed E-state index contributed by atoms with van der Waals surface area (Å²) in [6, 6.07) is 12.3. The van der Waals surface area contributed by atoms with Crippen molar-refractivity contribution in [2.75, 3.05) is 42.3 Å². The number of nitrogen functional groups attached to an aromatic ring is 1. The molecule has 0 amide bonds. The van der Waals surface area contributed by atoms with Crippen molar-refractivity contribution in [1.29, 1.82) is 0 Å². The lowest BCUT2D eigenvalue weighted by atomic mass is 10.2. The van der Waals surface area contributed by atoms with Crippen molar-refractivity contribution in [2.24, 2.45) is 0 Å². The summed E-state index contributed by atoms with van der Waals surface area (Å²) >= 11 is 0. The Kier molecular flexibility index (Phi) is 3.92. The van der Waals surface area contributed by atoms with E-state index < -0.39 is 0 Å². The molecule has 0 radical (unpaired) electrons. The summed E-state index contributed by atoms with van der Waals surface area (Å²) in [5.41, 5.74) is 8.97. The third kappa shape index (κ3) is 3.25. The first-order valence-electron chi connectivity index (χ1n) is 6.97. The van der Waals surface area contributed by atoms with Crippen LogP contribution in [0.3, 0.4) is 0 Å². The first kappa shape index (κ1) is 13.7. The fraction of sp³-hybridized carbons (Fsp3) is 0.250. The highest BCUT2D eigenvalue weighted by Gasteiger charge is 2.10. The molecule has 5 heteroatoms. The molecule has 0 aliphatic carbocycles. The number of rotatable bonds is 3. The average molecular weight is 287 g/mol. The van der Waals surface area contributed by atoms with Gasteiger partial charge in [-0.1, -0.05) is 0 Å². The Bertz CT molecular complexity index is 609. The third-order valence-electron chi connectivity index (χ3n) is 3.54. The summed E-state index contributed by atoms with van der Waals surface area (Å²) in [6.07, 6.45) is 0. The Hall–Kier alpha value is -2.27. The maximum absolute atomic E-state index is 13.2. The quantitative estimate of drug-likeness (QED) is 0.852. The molecule has 0 unspecified atom stereocenters. The molecule has 21 heavy (non-hydrogen) atoms. The molecular weight excluding hydrogens is 269 g/mol. The molecule has 1 aliphatic rings. The Labute approximate surface area is 123 Å². The van der Waals surface area contributed by atoms with E-state index in [1.807, 2.05) is 24.3 Å². The predicted octanol–water partition coefficient (Wildman–Crippen LogP) is 2.99. The molecule has 1 fully saturated rings. The van der Waals surface area contributed by atoms with Gasteiger partial charge in [-0.2, -0.15) is 0 Å². The first-order chi connectivity index (χ1) is 10.2. The molecule has 0 saturated carbocycles. The standard InChI is InChI=1S/C16H18FN3O/c17-12-1-6-15(18)16(11-12)19-13-2-4-14(5-3-13)20-7-9-21-10-8-20/h1-6,11,19H,7-10,18H2. The maximum atomic E-state index is 13.2. The van der Waals surface area contributed by atoms with Crippen molar-refractivity contribution in [1.82, 2.24) is 0 Å². The van der Waals surface area contributed by atoms with Gasteiger partial charge in [0, 0.05) is 24.5 Å². The molecule has 0 atom stereocenters. The minimum absolute atomic E-state index is 0.309. The number of morpholine rings is 1. The van der Waals surface area contributed by atoms with E-state index in [0.29, 0.717) is 11.4 Å². The van der Waals surface area contributed by atoms with Gasteiger partial charge in [0.2, 0.25) is 0 Å². The first-order valence-corrected chi connectivity index (χ1v) is 6.97. The van der Waals surface area contributed by atoms with E-state index in [1.165, 1.54) is 12.1 Å². The topological polar surface area (TPSA) is 50.5 Å². The number of ether oxygens (including phenoxy) is 1. The van der Waals surface area contributed by atoms with Crippen LogP contribution in [0, 0.1) is 5.82 Å². The van der Waals surface area contributed by atoms with Crippen molar-refractivity contribution in [2.45, 2.75) is 0 Å². The SMILES string of the molecule is Nc1ccc(F)cc1Nc1ccc(N2CCOCC2)cc1. The summed E-state index contributed by atoms with van der Waals surface area (Å²) < 4.78 is 18.6. The number of nitrogens with two attached hydrogens (primary N) is 1. The molecule has 0 bridgehead atoms. The molecule has 0 aromatic heterocycles. The second-order valence-electron chi connectivity index (χ2n) is 5.00. The zero-order valence-corrected chi connectivity index (χ0v) is 11.7. The second-order valence-corrected chi connectivity index (χ2v) is 5.00. The lowest BCUT2D eigenvalue weighted by Crippen LogP contribution is -2.36. The summed E-state index contributed by atoms with van der Waals surface area (Å²) in [5.74, 6) is -0.309. The molecule has 0 spiro atoms. The monoisotopic (exact) mass is 287 g/mol. The smallest absolute Gasteiger partial charge is 0.125 e. The number of nitrogens with zero attached hydrogens (tertiary/aromatic N) is 1. The van der Waals surface area contributed by atoms with Crippen LogP contribution >= 0.6 is 0 Å². The van der Waals surface area contributed by atoms with Gasteiger partial charge < -0.3 is 20.7 Å². The fourth-order valence-electron chi connectivity index (χ4n) is 2.37. The molecule has 2 aromatic carbocycles. The molecule has 4 nitrogen and oxygen atoms in total. The van der Waals surface area contributed by atoms with Crippen LogP contribution in [0.2, 0.25) is 0 Å². The lowest BCUT2D eigenvalue weighted by Gasteiger charge is -2.29. The summed E-state index contributed by atoms with van der Waals surface area (Å²) in [4.78, 5) is 2.28. The highest BCUT2D eigenvalue weighted by atomic mass is 19.1. The molecule has 3 N–H and O–H groups in total. The Morgan fingerprint density at radius 2 is 1.76 bits per heavy atom. The van der Waals surface area contributed by atoms with Gasteiger partial charge in [-0.25, -0.2) is 4.39 Å². The summed E-state index contributed by atoms with van der Waals surface area (Å²) in [7, 11) is 0. The van der Waals surface area contributed by atoms with Gasteiger partial charge in [0.05, 0.1) is 24.6 Å². The maximum Gasteiger partial charge on any atom is 0.125 e. The minimum atomic E-state index is -0.309. The summed E-state index contributed by atoms with van der Waals surface area (Å²) in [6.45, 7) is 3.34. The number of hydrogen-bond donors (Lipinski definition) is 2. The van der Waals surface area contributed by atoms with Crippen LogP contribution in [0.15, 0.2) is 42.5 Å². The van der Waals surface area contributed by atoms with Crippen molar-refractivity contribution in [3.8, 4) is 0 Å². The number of nitrogens with one attached hydrogen (secondary N) is 1. The molecule has 1 saturated heterocycles. The number of halogens is 1. The van der Waals surface area contributed by atoms with Gasteiger partial charge in [-0.15, -0.1) is 0 Å². The molecule has 110 valence electrons. The molecule has 1 aliphatic heterocycles. The van der Waals surface area contributed by atoms with Gasteiger partial charge >= 0.3 is 0 Å². The Balaban J connectivity index is 1.73. The molecule has 1 heterocycles. The van der Waals surface area contributed by atoms with Crippen LogP contribution < -0.4 is 16.0 Å². The molecular formula is C16H18FN3O. The van der Waals surface area contributed by atoms with Crippen LogP contribution in [-0.2, 0) is 4.74 Å². The van der Waals surface area contributed by atoms with Crippen molar-refractivity contribution >= 4 is 22.7 Å². The van der Waals surface area contributed by atoms with Crippen LogP contribution in [0.1, 0.15) is 0 Å². The van der Waals surface area contributed by atoms with Crippen LogP contribution in [0.4, 0.5) is 27.1 Å². The van der Waals surface area contributed by atoms with Gasteiger partial charge in [0.15, 0.2) is 0 Å². The largest absolute Gasteiger partial charge is 0.397 e. The van der Waals surface area contributed by atoms with Gasteiger partial charge in [-0.05, 0) is 42.5 Å². The fourth-order valence-corrected chi connectivity index (χ4v) is 2.37. The molecule has 3 rings (SSSR count). The van der Waals surface area contributed by atoms with Gasteiger partial charge in [0.25, 0.3) is 0 Å². The normalized spacial score (nSPS) is 15.0. The van der Waals surface area contributed by atoms with E-state index >= 15 is 0 Å². The van der Waals surface area contributed by atoms with E-state index in [1.54, 1.807) is 6.07 Å². The summed E-state index contributed by atoms with van der Waals surface area (Å²) in [5, 5.41) is 3.13. The van der Waals surface area contributed by atoms with Crippen molar-refractivity contribution in [3.05, 3.63) is 48.3 Å². The number of hydrogen-bond acceptors (Lipinski definition) is 4. The van der Waals surface area contributed by atoms with Crippen molar-refractivity contribution in [3.63, 3.8) is 0 Å². The minimum Gasteiger partial charge on any atom is -0.397 e. The van der Waals surface area contributed by atoms with Crippen LogP contribution in [0.25, 0.3) is 0 Å². The lowest BCUT2D eigenvalue weighted by molar-refractivity contribution is 0.122. The number of benzene rings is 2. The van der Waals surface area contributed by atoms with Gasteiger partial charge in [-0.3, -0.25) is 0 Å². The Morgan fingerprint density at radius 3 is 2.48 bits per heavy atom.